The number of hydrogen-bond acceptors (Lipinski definition) is 11. The fraction of sp³-hybridized carbons (Fsp3) is 0.284. The summed E-state index contributed by atoms with van der Waals surface area (Å²) in [5, 5.41) is 15.2. The van der Waals surface area contributed by atoms with Gasteiger partial charge in [-0.15, -0.1) is 12.4 Å². The Balaban J connectivity index is 0.00000774. The van der Waals surface area contributed by atoms with E-state index in [0.29, 0.717) is 42.6 Å². The molecular weight excluding hydrogens is 1020 g/mol. The van der Waals surface area contributed by atoms with Gasteiger partial charge in [-0.1, -0.05) is 158 Å². The van der Waals surface area contributed by atoms with Gasteiger partial charge in [0.25, 0.3) is 5.69 Å². The largest absolute Gasteiger partial charge is 0.462 e. The Morgan fingerprint density at radius 3 is 1.23 bits per heavy atom. The quantitative estimate of drug-likeness (QED) is 0.0340. The van der Waals surface area contributed by atoms with E-state index in [4.69, 9.17) is 9.47 Å². The number of rotatable bonds is 20. The average Bonchev–Trinajstić information content (AvgIpc) is 3.52. The van der Waals surface area contributed by atoms with Crippen LogP contribution in [0.1, 0.15) is 83.6 Å². The molecule has 0 aromatic heterocycles. The summed E-state index contributed by atoms with van der Waals surface area (Å²) in [5.41, 5.74) is 11.6. The molecule has 2 saturated heterocycles. The van der Waals surface area contributed by atoms with Gasteiger partial charge in [0.2, 0.25) is 0 Å². The van der Waals surface area contributed by atoms with Crippen LogP contribution in [-0.4, -0.2) is 92.2 Å². The smallest absolute Gasteiger partial charge is 0.336 e. The van der Waals surface area contributed by atoms with Gasteiger partial charge in [0.15, 0.2) is 0 Å². The standard InChI is InChI=1S/C67H70N6O6.ClH/c1-49-61(66(74)78-46-16-18-51-30-34-58(35-31-51)69-38-42-71(43-39-69)64(53-20-7-3-8-21-53)54-22-9-4-10-23-54)63(57-28-15-29-60(48-57)73(76)77)62(50(2)68-49)67(75)79-47-17-19-52-32-36-59(37-33-52)70-40-44-72(45-41-70)65(55-24-11-5-12-25-55)56-26-13-6-14-27-56;/h3-15,20-37,48,63-65,68H,16-19,38-47H2,1-2H3;1H. The third-order valence-corrected chi connectivity index (χ3v) is 15.7. The van der Waals surface area contributed by atoms with E-state index in [9.17, 15) is 19.7 Å². The van der Waals surface area contributed by atoms with Crippen molar-refractivity contribution in [2.75, 3.05) is 75.4 Å². The van der Waals surface area contributed by atoms with E-state index in [2.05, 4.69) is 195 Å². The van der Waals surface area contributed by atoms with Gasteiger partial charge in [-0.2, -0.15) is 0 Å². The van der Waals surface area contributed by atoms with Crippen LogP contribution in [0, 0.1) is 10.1 Å². The highest BCUT2D eigenvalue weighted by atomic mass is 35.5. The first-order valence-corrected chi connectivity index (χ1v) is 27.8. The predicted molar refractivity (Wildman–Crippen MR) is 320 cm³/mol. The second-order valence-electron chi connectivity index (χ2n) is 20.8. The number of anilines is 2. The molecule has 10 rings (SSSR count). The molecule has 1 N–H and O–H groups in total. The van der Waals surface area contributed by atoms with Crippen LogP contribution in [0.3, 0.4) is 0 Å². The second kappa shape index (κ2) is 27.2. The summed E-state index contributed by atoms with van der Waals surface area (Å²) in [7, 11) is 0. The third kappa shape index (κ3) is 13.7. The van der Waals surface area contributed by atoms with Crippen LogP contribution in [0.5, 0.6) is 0 Å². The zero-order valence-corrected chi connectivity index (χ0v) is 46.5. The molecule has 0 spiro atoms. The fourth-order valence-corrected chi connectivity index (χ4v) is 11.7. The van der Waals surface area contributed by atoms with Crippen molar-refractivity contribution in [1.82, 2.24) is 15.1 Å². The summed E-state index contributed by atoms with van der Waals surface area (Å²) >= 11 is 0. The van der Waals surface area contributed by atoms with E-state index in [-0.39, 0.29) is 54.5 Å². The van der Waals surface area contributed by atoms with Gasteiger partial charge in [-0.05, 0) is 103 Å². The van der Waals surface area contributed by atoms with Gasteiger partial charge in [0.1, 0.15) is 0 Å². The number of nitrogens with zero attached hydrogens (tertiary/aromatic N) is 5. The Morgan fingerprint density at radius 1 is 0.512 bits per heavy atom. The normalized spacial score (nSPS) is 15.4. The van der Waals surface area contributed by atoms with E-state index in [1.54, 1.807) is 26.0 Å². The van der Waals surface area contributed by atoms with Crippen molar-refractivity contribution < 1.29 is 24.0 Å². The van der Waals surface area contributed by atoms with Gasteiger partial charge >= 0.3 is 11.9 Å². The lowest BCUT2D eigenvalue weighted by Gasteiger charge is -2.40. The monoisotopic (exact) mass is 1090 g/mol. The average molecular weight is 1090 g/mol. The molecule has 13 heteroatoms. The summed E-state index contributed by atoms with van der Waals surface area (Å²) < 4.78 is 11.9. The number of nitro benzene ring substituents is 1. The van der Waals surface area contributed by atoms with Crippen LogP contribution >= 0.6 is 12.4 Å². The number of halogens is 1. The van der Waals surface area contributed by atoms with Crippen LogP contribution in [-0.2, 0) is 31.9 Å². The Labute approximate surface area is 476 Å². The Hall–Kier alpha value is -8.03. The lowest BCUT2D eigenvalue weighted by atomic mass is 9.80. The van der Waals surface area contributed by atoms with Crippen LogP contribution in [0.4, 0.5) is 17.1 Å². The van der Waals surface area contributed by atoms with E-state index in [1.165, 1.54) is 45.8 Å². The molecule has 0 amide bonds. The topological polar surface area (TPSA) is 121 Å². The Bertz CT molecular complexity index is 2950. The molecule has 0 aliphatic carbocycles. The molecule has 0 radical (unpaired) electrons. The van der Waals surface area contributed by atoms with Crippen molar-refractivity contribution in [1.29, 1.82) is 0 Å². The number of non-ortho nitro benzene ring substituents is 1. The van der Waals surface area contributed by atoms with Gasteiger partial charge in [0, 0.05) is 87.3 Å². The summed E-state index contributed by atoms with van der Waals surface area (Å²) in [6.45, 7) is 11.3. The summed E-state index contributed by atoms with van der Waals surface area (Å²) in [6, 6.07) is 66.8. The SMILES string of the molecule is CC1=C(C(=O)OCCCc2ccc(N3CCN(C(c4ccccc4)c4ccccc4)CC3)cc2)C(c2cccc([N+](=O)[O-])c2)C(C(=O)OCCCc2ccc(N3CCN(C(c4ccccc4)c4ccccc4)CC3)cc2)=C(C)N1.Cl. The van der Waals surface area contributed by atoms with Crippen LogP contribution in [0.25, 0.3) is 0 Å². The maximum absolute atomic E-state index is 14.2. The first-order chi connectivity index (χ1) is 38.7. The number of dihydropyridines is 1. The number of aryl methyl sites for hydroxylation is 2. The summed E-state index contributed by atoms with van der Waals surface area (Å²) in [5.74, 6) is -2.14. The van der Waals surface area contributed by atoms with Gasteiger partial charge in [0.05, 0.1) is 47.3 Å². The molecule has 2 fully saturated rings. The number of ether oxygens (including phenoxy) is 2. The van der Waals surface area contributed by atoms with Gasteiger partial charge in [-0.25, -0.2) is 9.59 Å². The van der Waals surface area contributed by atoms with Crippen molar-refractivity contribution in [3.05, 3.63) is 266 Å². The highest BCUT2D eigenvalue weighted by molar-refractivity contribution is 6.00. The van der Waals surface area contributed by atoms with E-state index < -0.39 is 22.8 Å². The third-order valence-electron chi connectivity index (χ3n) is 15.7. The Morgan fingerprint density at radius 2 is 0.875 bits per heavy atom. The van der Waals surface area contributed by atoms with Crippen LogP contribution in [0.15, 0.2) is 217 Å². The molecule has 7 aromatic rings. The first-order valence-electron chi connectivity index (χ1n) is 27.8. The van der Waals surface area contributed by atoms with E-state index in [0.717, 1.165) is 63.5 Å². The zero-order valence-electron chi connectivity index (χ0n) is 45.7. The number of carbonyl (C=O) groups excluding carboxylic acids is 2. The van der Waals surface area contributed by atoms with Crippen molar-refractivity contribution in [2.45, 2.75) is 57.5 Å². The predicted octanol–water partition coefficient (Wildman–Crippen LogP) is 12.4. The first kappa shape index (κ1) is 56.7. The molecule has 0 bridgehead atoms. The minimum atomic E-state index is -0.949. The second-order valence-corrected chi connectivity index (χ2v) is 20.8. The van der Waals surface area contributed by atoms with Gasteiger partial charge in [-0.3, -0.25) is 19.9 Å². The molecule has 3 aliphatic rings. The number of allylic oxidation sites excluding steroid dienone is 2. The number of hydrogen-bond donors (Lipinski definition) is 1. The number of piperazine rings is 2. The molecule has 0 saturated carbocycles. The minimum absolute atomic E-state index is 0. The Kier molecular flexibility index (Phi) is 19.3. The zero-order chi connectivity index (χ0) is 54.5. The number of nitro groups is 1. The number of esters is 2. The van der Waals surface area contributed by atoms with Crippen LogP contribution < -0.4 is 15.1 Å². The summed E-state index contributed by atoms with van der Waals surface area (Å²) in [6.07, 6.45) is 2.57. The maximum Gasteiger partial charge on any atom is 0.336 e. The molecule has 412 valence electrons. The van der Waals surface area contributed by atoms with Crippen molar-refractivity contribution in [3.63, 3.8) is 0 Å². The molecule has 80 heavy (non-hydrogen) atoms. The minimum Gasteiger partial charge on any atom is -0.462 e. The van der Waals surface area contributed by atoms with Crippen LogP contribution in [0.2, 0.25) is 0 Å². The van der Waals surface area contributed by atoms with Crippen molar-refractivity contribution in [3.8, 4) is 0 Å². The molecule has 3 aliphatic heterocycles. The van der Waals surface area contributed by atoms with Crippen molar-refractivity contribution in [2.24, 2.45) is 0 Å². The molecule has 7 aromatic carbocycles. The van der Waals surface area contributed by atoms with E-state index in [1.807, 2.05) is 0 Å². The fourth-order valence-electron chi connectivity index (χ4n) is 11.7. The highest BCUT2D eigenvalue weighted by Gasteiger charge is 2.39. The summed E-state index contributed by atoms with van der Waals surface area (Å²) in [4.78, 5) is 49.9. The number of carbonyl (C=O) groups is 2. The molecule has 0 unspecified atom stereocenters. The number of nitrogens with one attached hydrogen (secondary N) is 1. The lowest BCUT2D eigenvalue weighted by Crippen LogP contribution is -2.48. The molecular formula is C67H71ClN6O6. The van der Waals surface area contributed by atoms with Gasteiger partial charge < -0.3 is 24.6 Å². The molecule has 3 heterocycles. The number of benzene rings is 7. The lowest BCUT2D eigenvalue weighted by molar-refractivity contribution is -0.384. The van der Waals surface area contributed by atoms with E-state index >= 15 is 0 Å². The van der Waals surface area contributed by atoms with Crippen molar-refractivity contribution >= 4 is 41.4 Å². The molecule has 0 atom stereocenters. The molecule has 12 nitrogen and oxygen atoms in total. The highest BCUT2D eigenvalue weighted by Crippen LogP contribution is 2.41. The maximum atomic E-state index is 14.2.